The Balaban J connectivity index is 1.20. The van der Waals surface area contributed by atoms with Gasteiger partial charge in [0.15, 0.2) is 5.82 Å². The molecule has 2 fully saturated rings. The van der Waals surface area contributed by atoms with Crippen LogP contribution < -0.4 is 15.5 Å². The average Bonchev–Trinajstić information content (AvgIpc) is 3.35. The van der Waals surface area contributed by atoms with Gasteiger partial charge in [0.1, 0.15) is 12.1 Å². The molecule has 31 heavy (non-hydrogen) atoms. The summed E-state index contributed by atoms with van der Waals surface area (Å²) in [5.74, 6) is 0.668. The van der Waals surface area contributed by atoms with Gasteiger partial charge in [-0.3, -0.25) is 4.79 Å². The fourth-order valence-electron chi connectivity index (χ4n) is 4.33. The van der Waals surface area contributed by atoms with E-state index in [1.54, 1.807) is 41.7 Å². The molecule has 2 N–H and O–H groups in total. The lowest BCUT2D eigenvalue weighted by Gasteiger charge is -2.39. The fourth-order valence-corrected chi connectivity index (χ4v) is 4.46. The molecule has 0 atom stereocenters. The van der Waals surface area contributed by atoms with Crippen LogP contribution in [-0.2, 0) is 4.79 Å². The van der Waals surface area contributed by atoms with E-state index in [0.29, 0.717) is 17.3 Å². The minimum Gasteiger partial charge on any atom is -0.355 e. The normalized spacial score (nSPS) is 17.9. The van der Waals surface area contributed by atoms with Crippen LogP contribution in [-0.4, -0.2) is 62.9 Å². The van der Waals surface area contributed by atoms with Crippen LogP contribution in [0.25, 0.3) is 5.52 Å². The molecule has 2 aromatic heterocycles. The number of piperidine rings is 1. The summed E-state index contributed by atoms with van der Waals surface area (Å²) in [6, 6.07) is 6.69. The standard InChI is InChI=1S/C21H22ClN7O2/c22-15-1-3-16(4-2-15)25-18(30)12-29-13-21(26-20(29)31)5-8-27(9-6-21)19-17-11-23-14-28(17)10-7-24-19/h1-4,7,10-11,14H,5-6,8-9,12-13H2,(H,25,30)(H,26,31). The molecule has 1 aromatic carbocycles. The summed E-state index contributed by atoms with van der Waals surface area (Å²) in [4.78, 5) is 37.5. The molecule has 3 aromatic rings. The maximum absolute atomic E-state index is 12.6. The van der Waals surface area contributed by atoms with E-state index < -0.39 is 0 Å². The molecule has 2 saturated heterocycles. The van der Waals surface area contributed by atoms with Crippen LogP contribution in [0.3, 0.4) is 0 Å². The van der Waals surface area contributed by atoms with Crippen molar-refractivity contribution >= 4 is 40.6 Å². The fraction of sp³-hybridized carbons (Fsp3) is 0.333. The molecular formula is C21H22ClN7O2. The van der Waals surface area contributed by atoms with Gasteiger partial charge >= 0.3 is 6.03 Å². The van der Waals surface area contributed by atoms with Crippen molar-refractivity contribution in [2.45, 2.75) is 18.4 Å². The number of nitrogens with zero attached hydrogens (tertiary/aromatic N) is 5. The van der Waals surface area contributed by atoms with Crippen molar-refractivity contribution in [1.82, 2.24) is 24.6 Å². The van der Waals surface area contributed by atoms with Crippen LogP contribution in [0.15, 0.2) is 49.2 Å². The van der Waals surface area contributed by atoms with E-state index in [2.05, 4.69) is 25.5 Å². The monoisotopic (exact) mass is 439 g/mol. The number of hydrogen-bond donors (Lipinski definition) is 2. The number of urea groups is 1. The summed E-state index contributed by atoms with van der Waals surface area (Å²) in [5.41, 5.74) is 1.30. The van der Waals surface area contributed by atoms with Gasteiger partial charge in [0.25, 0.3) is 0 Å². The summed E-state index contributed by atoms with van der Waals surface area (Å²) in [7, 11) is 0. The Bertz CT molecular complexity index is 1120. The Morgan fingerprint density at radius 2 is 2.00 bits per heavy atom. The van der Waals surface area contributed by atoms with E-state index in [-0.39, 0.29) is 24.0 Å². The van der Waals surface area contributed by atoms with Gasteiger partial charge in [-0.25, -0.2) is 14.8 Å². The largest absolute Gasteiger partial charge is 0.355 e. The highest BCUT2D eigenvalue weighted by molar-refractivity contribution is 6.30. The molecule has 0 unspecified atom stereocenters. The molecule has 1 spiro atoms. The highest BCUT2D eigenvalue weighted by Crippen LogP contribution is 2.31. The van der Waals surface area contributed by atoms with Crippen LogP contribution in [0, 0.1) is 0 Å². The predicted octanol–water partition coefficient (Wildman–Crippen LogP) is 2.39. The third-order valence-electron chi connectivity index (χ3n) is 5.95. The Morgan fingerprint density at radius 1 is 1.23 bits per heavy atom. The van der Waals surface area contributed by atoms with Crippen molar-refractivity contribution < 1.29 is 9.59 Å². The summed E-state index contributed by atoms with van der Waals surface area (Å²) < 4.78 is 1.95. The molecule has 9 nitrogen and oxygen atoms in total. The lowest BCUT2D eigenvalue weighted by molar-refractivity contribution is -0.116. The number of carbonyl (C=O) groups is 2. The molecule has 0 aliphatic carbocycles. The smallest absolute Gasteiger partial charge is 0.318 e. The van der Waals surface area contributed by atoms with E-state index in [1.165, 1.54) is 0 Å². The first-order valence-electron chi connectivity index (χ1n) is 10.2. The first-order valence-corrected chi connectivity index (χ1v) is 10.5. The van der Waals surface area contributed by atoms with Crippen LogP contribution in [0.1, 0.15) is 12.8 Å². The van der Waals surface area contributed by atoms with Crippen LogP contribution in [0.4, 0.5) is 16.3 Å². The van der Waals surface area contributed by atoms with Gasteiger partial charge in [-0.15, -0.1) is 0 Å². The van der Waals surface area contributed by atoms with Crippen LogP contribution in [0.2, 0.25) is 5.02 Å². The van der Waals surface area contributed by atoms with Crippen molar-refractivity contribution in [3.63, 3.8) is 0 Å². The zero-order valence-corrected chi connectivity index (χ0v) is 17.5. The van der Waals surface area contributed by atoms with E-state index in [9.17, 15) is 9.59 Å². The first kappa shape index (κ1) is 19.6. The molecule has 10 heteroatoms. The molecule has 2 aliphatic heterocycles. The Labute approximate surface area is 184 Å². The third-order valence-corrected chi connectivity index (χ3v) is 6.21. The highest BCUT2D eigenvalue weighted by atomic mass is 35.5. The third kappa shape index (κ3) is 3.88. The number of rotatable bonds is 4. The second kappa shape index (κ2) is 7.73. The van der Waals surface area contributed by atoms with E-state index in [1.807, 2.05) is 16.8 Å². The van der Waals surface area contributed by atoms with Gasteiger partial charge in [-0.05, 0) is 37.1 Å². The zero-order valence-electron chi connectivity index (χ0n) is 16.8. The number of aromatic nitrogens is 3. The molecule has 0 radical (unpaired) electrons. The van der Waals surface area contributed by atoms with Gasteiger partial charge in [-0.2, -0.15) is 0 Å². The van der Waals surface area contributed by atoms with Crippen LogP contribution >= 0.6 is 11.6 Å². The van der Waals surface area contributed by atoms with Crippen molar-refractivity contribution in [1.29, 1.82) is 0 Å². The molecule has 4 heterocycles. The van der Waals surface area contributed by atoms with Crippen molar-refractivity contribution in [3.05, 3.63) is 54.2 Å². The van der Waals surface area contributed by atoms with Gasteiger partial charge in [0.2, 0.25) is 5.91 Å². The number of anilines is 2. The summed E-state index contributed by atoms with van der Waals surface area (Å²) in [6.45, 7) is 2.06. The molecule has 2 aliphatic rings. The second-order valence-corrected chi connectivity index (χ2v) is 8.48. The summed E-state index contributed by atoms with van der Waals surface area (Å²) in [5, 5.41) is 6.53. The maximum Gasteiger partial charge on any atom is 0.318 e. The number of imidazole rings is 1. The number of benzene rings is 1. The van der Waals surface area contributed by atoms with Gasteiger partial charge in [-0.1, -0.05) is 11.6 Å². The SMILES string of the molecule is O=C(CN1CC2(CCN(c3nccn4cncc34)CC2)NC1=O)Nc1ccc(Cl)cc1. The molecule has 0 bridgehead atoms. The Morgan fingerprint density at radius 3 is 2.77 bits per heavy atom. The highest BCUT2D eigenvalue weighted by Gasteiger charge is 2.45. The van der Waals surface area contributed by atoms with E-state index >= 15 is 0 Å². The molecule has 3 amide bonds. The summed E-state index contributed by atoms with van der Waals surface area (Å²) in [6.07, 6.45) is 8.78. The minimum atomic E-state index is -0.320. The number of nitrogens with one attached hydrogen (secondary N) is 2. The van der Waals surface area contributed by atoms with Crippen molar-refractivity contribution in [3.8, 4) is 0 Å². The first-order chi connectivity index (χ1) is 15.0. The average molecular weight is 440 g/mol. The Hall–Kier alpha value is -3.33. The maximum atomic E-state index is 12.6. The lowest BCUT2D eigenvalue weighted by atomic mass is 9.88. The number of carbonyl (C=O) groups excluding carboxylic acids is 2. The van der Waals surface area contributed by atoms with Gasteiger partial charge in [0.05, 0.1) is 18.1 Å². The number of hydrogen-bond acceptors (Lipinski definition) is 5. The molecular weight excluding hydrogens is 418 g/mol. The van der Waals surface area contributed by atoms with E-state index in [0.717, 1.165) is 37.3 Å². The molecule has 0 saturated carbocycles. The number of amides is 3. The second-order valence-electron chi connectivity index (χ2n) is 8.05. The number of halogens is 1. The Kier molecular flexibility index (Phi) is 4.90. The minimum absolute atomic E-state index is 0.0105. The quantitative estimate of drug-likeness (QED) is 0.650. The van der Waals surface area contributed by atoms with Crippen LogP contribution in [0.5, 0.6) is 0 Å². The van der Waals surface area contributed by atoms with E-state index in [4.69, 9.17) is 11.6 Å². The predicted molar refractivity (Wildman–Crippen MR) is 117 cm³/mol. The molecule has 5 rings (SSSR count). The zero-order chi connectivity index (χ0) is 21.4. The molecule has 160 valence electrons. The topological polar surface area (TPSA) is 94.9 Å². The number of fused-ring (bicyclic) bond motifs is 1. The lowest BCUT2D eigenvalue weighted by Crippen LogP contribution is -2.52. The van der Waals surface area contributed by atoms with Crippen molar-refractivity contribution in [2.24, 2.45) is 0 Å². The van der Waals surface area contributed by atoms with Gasteiger partial charge < -0.3 is 24.8 Å². The summed E-state index contributed by atoms with van der Waals surface area (Å²) >= 11 is 5.87. The van der Waals surface area contributed by atoms with Gasteiger partial charge in [0, 0.05) is 42.7 Å². The van der Waals surface area contributed by atoms with Crippen molar-refractivity contribution in [2.75, 3.05) is 36.4 Å².